The van der Waals surface area contributed by atoms with Crippen molar-refractivity contribution in [1.82, 2.24) is 19.9 Å². The zero-order chi connectivity index (χ0) is 33.0. The van der Waals surface area contributed by atoms with Gasteiger partial charge in [0.15, 0.2) is 23.1 Å². The molecule has 0 aliphatic carbocycles. The molecule has 50 heavy (non-hydrogen) atoms. The Morgan fingerprint density at radius 1 is 0.420 bits per heavy atom. The summed E-state index contributed by atoms with van der Waals surface area (Å²) in [6.07, 6.45) is 0. The summed E-state index contributed by atoms with van der Waals surface area (Å²) < 4.78 is 8.78. The second kappa shape index (κ2) is 11.6. The SMILES string of the molecule is c1ccc(-c2nc(-c3ccccc3)nc(-c3cc(-c4ccc5c(c4)sc4ccc6nc(-c7ccccc7)oc6c45)cc4ccccc34)n2)cc1. The molecule has 7 aromatic carbocycles. The van der Waals surface area contributed by atoms with Crippen LogP contribution in [0.5, 0.6) is 0 Å². The number of aromatic nitrogens is 4. The first kappa shape index (κ1) is 28.5. The van der Waals surface area contributed by atoms with Gasteiger partial charge in [-0.25, -0.2) is 19.9 Å². The normalized spacial score (nSPS) is 11.6. The monoisotopic (exact) mass is 658 g/mol. The second-order valence-electron chi connectivity index (χ2n) is 12.3. The van der Waals surface area contributed by atoms with Crippen molar-refractivity contribution in [3.05, 3.63) is 158 Å². The quantitative estimate of drug-likeness (QED) is 0.184. The molecule has 0 N–H and O–H groups in total. The fourth-order valence-electron chi connectivity index (χ4n) is 6.72. The summed E-state index contributed by atoms with van der Waals surface area (Å²) in [5.74, 6) is 2.56. The predicted octanol–water partition coefficient (Wildman–Crippen LogP) is 11.9. The molecule has 10 aromatic rings. The molecule has 0 bridgehead atoms. The zero-order valence-corrected chi connectivity index (χ0v) is 27.4. The fourth-order valence-corrected chi connectivity index (χ4v) is 7.86. The minimum Gasteiger partial charge on any atom is -0.435 e. The van der Waals surface area contributed by atoms with Gasteiger partial charge < -0.3 is 4.42 Å². The number of thiophene rings is 1. The van der Waals surface area contributed by atoms with E-state index in [0.717, 1.165) is 66.0 Å². The minimum absolute atomic E-state index is 0.636. The number of hydrogen-bond donors (Lipinski definition) is 0. The summed E-state index contributed by atoms with van der Waals surface area (Å²) in [5, 5.41) is 4.48. The first-order chi connectivity index (χ1) is 24.7. The Hall–Kier alpha value is -6.50. The number of nitrogens with zero attached hydrogens (tertiary/aromatic N) is 4. The number of oxazole rings is 1. The third-order valence-electron chi connectivity index (χ3n) is 9.15. The Labute approximate surface area is 291 Å². The molecule has 0 saturated heterocycles. The van der Waals surface area contributed by atoms with Crippen LogP contribution in [0.1, 0.15) is 0 Å². The predicted molar refractivity (Wildman–Crippen MR) is 205 cm³/mol. The van der Waals surface area contributed by atoms with Crippen LogP contribution in [0.3, 0.4) is 0 Å². The van der Waals surface area contributed by atoms with Crippen molar-refractivity contribution in [1.29, 1.82) is 0 Å². The van der Waals surface area contributed by atoms with E-state index in [1.807, 2.05) is 91.0 Å². The van der Waals surface area contributed by atoms with Gasteiger partial charge in [0.1, 0.15) is 5.52 Å². The highest BCUT2D eigenvalue weighted by atomic mass is 32.1. The third-order valence-corrected chi connectivity index (χ3v) is 10.3. The first-order valence-corrected chi connectivity index (χ1v) is 17.3. The van der Waals surface area contributed by atoms with E-state index in [9.17, 15) is 0 Å². The van der Waals surface area contributed by atoms with Crippen LogP contribution >= 0.6 is 11.3 Å². The molecule has 6 heteroatoms. The summed E-state index contributed by atoms with van der Waals surface area (Å²) in [4.78, 5) is 19.9. The highest BCUT2D eigenvalue weighted by Crippen LogP contribution is 2.42. The van der Waals surface area contributed by atoms with Crippen molar-refractivity contribution < 1.29 is 4.42 Å². The van der Waals surface area contributed by atoms with Crippen LogP contribution in [-0.4, -0.2) is 19.9 Å². The molecular weight excluding hydrogens is 633 g/mol. The van der Waals surface area contributed by atoms with Gasteiger partial charge in [0.25, 0.3) is 0 Å². The summed E-state index contributed by atoms with van der Waals surface area (Å²) in [6, 6.07) is 54.1. The molecule has 0 amide bonds. The Morgan fingerprint density at radius 3 is 1.78 bits per heavy atom. The average Bonchev–Trinajstić information content (AvgIpc) is 3.80. The summed E-state index contributed by atoms with van der Waals surface area (Å²) in [6.45, 7) is 0. The van der Waals surface area contributed by atoms with Gasteiger partial charge >= 0.3 is 0 Å². The molecule has 0 aliphatic rings. The summed E-state index contributed by atoms with van der Waals surface area (Å²) in [7, 11) is 0. The summed E-state index contributed by atoms with van der Waals surface area (Å²) in [5.41, 5.74) is 7.72. The van der Waals surface area contributed by atoms with Crippen molar-refractivity contribution in [2.75, 3.05) is 0 Å². The molecule has 0 saturated carbocycles. The van der Waals surface area contributed by atoms with E-state index in [-0.39, 0.29) is 0 Å². The van der Waals surface area contributed by atoms with E-state index in [1.54, 1.807) is 11.3 Å². The maximum atomic E-state index is 6.42. The molecule has 0 aliphatic heterocycles. The molecule has 234 valence electrons. The molecule has 10 rings (SSSR count). The van der Waals surface area contributed by atoms with Crippen LogP contribution in [0, 0.1) is 0 Å². The molecule has 0 unspecified atom stereocenters. The van der Waals surface area contributed by atoms with Crippen LogP contribution in [0.4, 0.5) is 0 Å². The lowest BCUT2D eigenvalue weighted by Crippen LogP contribution is -2.00. The van der Waals surface area contributed by atoms with Gasteiger partial charge in [0, 0.05) is 42.4 Å². The van der Waals surface area contributed by atoms with Crippen LogP contribution in [0.15, 0.2) is 162 Å². The van der Waals surface area contributed by atoms with E-state index in [1.165, 1.54) is 9.40 Å². The fraction of sp³-hybridized carbons (Fsp3) is 0. The second-order valence-corrected chi connectivity index (χ2v) is 13.4. The van der Waals surface area contributed by atoms with Crippen LogP contribution in [0.2, 0.25) is 0 Å². The van der Waals surface area contributed by atoms with Crippen molar-refractivity contribution in [2.24, 2.45) is 0 Å². The largest absolute Gasteiger partial charge is 0.435 e. The molecule has 5 nitrogen and oxygen atoms in total. The van der Waals surface area contributed by atoms with Gasteiger partial charge in [0.05, 0.1) is 0 Å². The van der Waals surface area contributed by atoms with E-state index in [2.05, 4.69) is 66.7 Å². The van der Waals surface area contributed by atoms with E-state index < -0.39 is 0 Å². The highest BCUT2D eigenvalue weighted by Gasteiger charge is 2.18. The van der Waals surface area contributed by atoms with Crippen LogP contribution in [-0.2, 0) is 0 Å². The van der Waals surface area contributed by atoms with Crippen molar-refractivity contribution in [3.63, 3.8) is 0 Å². The first-order valence-electron chi connectivity index (χ1n) is 16.5. The topological polar surface area (TPSA) is 64.7 Å². The smallest absolute Gasteiger partial charge is 0.227 e. The number of benzene rings is 7. The maximum absolute atomic E-state index is 6.42. The lowest BCUT2D eigenvalue weighted by molar-refractivity contribution is 0.623. The molecule has 0 fully saturated rings. The number of hydrogen-bond acceptors (Lipinski definition) is 6. The lowest BCUT2D eigenvalue weighted by atomic mass is 9.95. The molecule has 0 spiro atoms. The van der Waals surface area contributed by atoms with Crippen molar-refractivity contribution in [2.45, 2.75) is 0 Å². The van der Waals surface area contributed by atoms with Gasteiger partial charge in [-0.05, 0) is 64.4 Å². The standard InChI is InChI=1S/C44H26N4OS/c1-4-12-27(13-5-1)41-46-42(28-14-6-2-7-15-28)48-43(47-41)35-25-32(24-31-18-10-11-19-33(31)35)30-20-21-34-38(26-30)50-37-23-22-36-40(39(34)37)49-44(45-36)29-16-8-3-9-17-29/h1-26H. The lowest BCUT2D eigenvalue weighted by Gasteiger charge is -2.13. The van der Waals surface area contributed by atoms with E-state index in [0.29, 0.717) is 23.4 Å². The van der Waals surface area contributed by atoms with E-state index in [4.69, 9.17) is 24.4 Å². The molecule has 3 heterocycles. The van der Waals surface area contributed by atoms with Crippen molar-refractivity contribution >= 4 is 53.4 Å². The van der Waals surface area contributed by atoms with Gasteiger partial charge in [-0.15, -0.1) is 11.3 Å². The molecule has 3 aromatic heterocycles. The minimum atomic E-state index is 0.636. The Morgan fingerprint density at radius 2 is 1.06 bits per heavy atom. The van der Waals surface area contributed by atoms with Crippen LogP contribution < -0.4 is 0 Å². The third kappa shape index (κ3) is 4.85. The van der Waals surface area contributed by atoms with Gasteiger partial charge in [-0.1, -0.05) is 115 Å². The van der Waals surface area contributed by atoms with E-state index >= 15 is 0 Å². The van der Waals surface area contributed by atoms with Crippen molar-refractivity contribution in [3.8, 4) is 56.7 Å². The number of rotatable bonds is 5. The van der Waals surface area contributed by atoms with Crippen LogP contribution in [0.25, 0.3) is 98.8 Å². The summed E-state index contributed by atoms with van der Waals surface area (Å²) >= 11 is 1.77. The molecule has 0 atom stereocenters. The number of fused-ring (bicyclic) bond motifs is 6. The molecular formula is C44H26N4OS. The highest BCUT2D eigenvalue weighted by molar-refractivity contribution is 7.26. The van der Waals surface area contributed by atoms with Gasteiger partial charge in [-0.3, -0.25) is 0 Å². The maximum Gasteiger partial charge on any atom is 0.227 e. The Bertz CT molecular complexity index is 2810. The molecule has 0 radical (unpaired) electrons. The Kier molecular flexibility index (Phi) is 6.60. The van der Waals surface area contributed by atoms with Gasteiger partial charge in [-0.2, -0.15) is 0 Å². The Balaban J connectivity index is 1.14. The zero-order valence-electron chi connectivity index (χ0n) is 26.6. The average molecular weight is 659 g/mol. The van der Waals surface area contributed by atoms with Gasteiger partial charge in [0.2, 0.25) is 5.89 Å².